The van der Waals surface area contributed by atoms with Crippen molar-refractivity contribution in [1.29, 1.82) is 0 Å². The molecule has 2 nitrogen and oxygen atoms in total. The molecule has 3 rings (SSSR count). The Labute approximate surface area is 129 Å². The third-order valence-electron chi connectivity index (χ3n) is 7.20. The molecule has 21 heavy (non-hydrogen) atoms. The summed E-state index contributed by atoms with van der Waals surface area (Å²) in [6, 6.07) is 0. The van der Waals surface area contributed by atoms with Crippen molar-refractivity contribution in [3.05, 3.63) is 0 Å². The molecule has 0 heterocycles. The van der Waals surface area contributed by atoms with Gasteiger partial charge in [0.2, 0.25) is 0 Å². The van der Waals surface area contributed by atoms with Crippen LogP contribution in [0.1, 0.15) is 96.3 Å². The Morgan fingerprint density at radius 3 is 1.71 bits per heavy atom. The fourth-order valence-corrected chi connectivity index (χ4v) is 6.20. The second-order valence-corrected chi connectivity index (χ2v) is 8.00. The van der Waals surface area contributed by atoms with Crippen LogP contribution >= 0.6 is 0 Å². The number of carboxylic acid groups (broad SMARTS) is 1. The third kappa shape index (κ3) is 2.53. The molecule has 0 spiro atoms. The zero-order valence-corrected chi connectivity index (χ0v) is 13.5. The minimum Gasteiger partial charge on any atom is -0.481 e. The van der Waals surface area contributed by atoms with E-state index in [0.29, 0.717) is 5.92 Å². The van der Waals surface area contributed by atoms with Crippen molar-refractivity contribution in [3.63, 3.8) is 0 Å². The van der Waals surface area contributed by atoms with Crippen LogP contribution in [0, 0.1) is 16.7 Å². The summed E-state index contributed by atoms with van der Waals surface area (Å²) in [6.07, 6.45) is 18.3. The minimum atomic E-state index is -0.449. The molecule has 0 aromatic rings. The van der Waals surface area contributed by atoms with Crippen molar-refractivity contribution in [3.8, 4) is 0 Å². The van der Waals surface area contributed by atoms with Gasteiger partial charge in [0.05, 0.1) is 5.41 Å². The molecule has 0 aromatic carbocycles. The van der Waals surface area contributed by atoms with Gasteiger partial charge < -0.3 is 5.11 Å². The molecule has 120 valence electrons. The summed E-state index contributed by atoms with van der Waals surface area (Å²) in [5, 5.41) is 10.2. The highest BCUT2D eigenvalue weighted by atomic mass is 16.4. The van der Waals surface area contributed by atoms with Crippen molar-refractivity contribution < 1.29 is 9.90 Å². The van der Waals surface area contributed by atoms with E-state index in [0.717, 1.165) is 25.7 Å². The normalized spacial score (nSPS) is 29.9. The van der Waals surface area contributed by atoms with Crippen LogP contribution in [-0.4, -0.2) is 11.1 Å². The molecular weight excluding hydrogens is 260 g/mol. The van der Waals surface area contributed by atoms with Crippen LogP contribution in [0.25, 0.3) is 0 Å². The van der Waals surface area contributed by atoms with Gasteiger partial charge in [0.15, 0.2) is 0 Å². The lowest BCUT2D eigenvalue weighted by Crippen LogP contribution is -2.54. The van der Waals surface area contributed by atoms with Crippen LogP contribution in [-0.2, 0) is 4.79 Å². The topological polar surface area (TPSA) is 37.3 Å². The lowest BCUT2D eigenvalue weighted by atomic mass is 9.46. The maximum absolute atomic E-state index is 12.4. The highest BCUT2D eigenvalue weighted by Gasteiger charge is 2.59. The number of carbonyl (C=O) groups is 1. The molecule has 0 aliphatic heterocycles. The van der Waals surface area contributed by atoms with Crippen molar-refractivity contribution >= 4 is 5.97 Å². The van der Waals surface area contributed by atoms with E-state index in [2.05, 4.69) is 0 Å². The summed E-state index contributed by atoms with van der Waals surface area (Å²) in [5.41, 5.74) is -0.244. The van der Waals surface area contributed by atoms with Gasteiger partial charge in [-0.2, -0.15) is 0 Å². The lowest BCUT2D eigenvalue weighted by Gasteiger charge is -2.57. The number of aliphatic carboxylic acids is 1. The highest BCUT2D eigenvalue weighted by Crippen LogP contribution is 2.63. The lowest BCUT2D eigenvalue weighted by molar-refractivity contribution is -0.174. The zero-order chi connectivity index (χ0) is 14.8. The number of hydrogen-bond acceptors (Lipinski definition) is 1. The van der Waals surface area contributed by atoms with E-state index in [1.54, 1.807) is 0 Å². The van der Waals surface area contributed by atoms with Gasteiger partial charge in [-0.3, -0.25) is 4.79 Å². The predicted octanol–water partition coefficient (Wildman–Crippen LogP) is 5.55. The quantitative estimate of drug-likeness (QED) is 0.740. The zero-order valence-electron chi connectivity index (χ0n) is 13.5. The van der Waals surface area contributed by atoms with Crippen molar-refractivity contribution in [2.24, 2.45) is 16.7 Å². The maximum Gasteiger partial charge on any atom is 0.310 e. The fourth-order valence-electron chi connectivity index (χ4n) is 6.20. The van der Waals surface area contributed by atoms with Gasteiger partial charge in [-0.1, -0.05) is 57.8 Å². The van der Waals surface area contributed by atoms with Crippen LogP contribution in [0.5, 0.6) is 0 Å². The molecule has 1 N–H and O–H groups in total. The Morgan fingerprint density at radius 1 is 0.714 bits per heavy atom. The fraction of sp³-hybridized carbons (Fsp3) is 0.947. The second kappa shape index (κ2) is 6.30. The van der Waals surface area contributed by atoms with E-state index < -0.39 is 5.97 Å². The van der Waals surface area contributed by atoms with E-state index in [-0.39, 0.29) is 10.8 Å². The van der Waals surface area contributed by atoms with Crippen LogP contribution in [0.2, 0.25) is 0 Å². The summed E-state index contributed by atoms with van der Waals surface area (Å²) in [4.78, 5) is 12.4. The van der Waals surface area contributed by atoms with Crippen molar-refractivity contribution in [2.75, 3.05) is 0 Å². The van der Waals surface area contributed by atoms with Crippen LogP contribution in [0.3, 0.4) is 0 Å². The molecule has 3 fully saturated rings. The largest absolute Gasteiger partial charge is 0.481 e. The van der Waals surface area contributed by atoms with Gasteiger partial charge >= 0.3 is 5.97 Å². The van der Waals surface area contributed by atoms with Gasteiger partial charge in [-0.25, -0.2) is 0 Å². The first-order valence-electron chi connectivity index (χ1n) is 9.45. The molecular formula is C19H32O2. The molecule has 0 unspecified atom stereocenters. The highest BCUT2D eigenvalue weighted by molar-refractivity contribution is 5.76. The van der Waals surface area contributed by atoms with E-state index in [1.165, 1.54) is 70.6 Å². The minimum absolute atomic E-state index is 0.137. The summed E-state index contributed by atoms with van der Waals surface area (Å²) < 4.78 is 0. The summed E-state index contributed by atoms with van der Waals surface area (Å²) in [7, 11) is 0. The van der Waals surface area contributed by atoms with E-state index >= 15 is 0 Å². The van der Waals surface area contributed by atoms with Crippen molar-refractivity contribution in [1.82, 2.24) is 0 Å². The molecule has 2 heteroatoms. The standard InChI is InChI=1S/C19H32O2/c20-17(21)19(14-8-3-9-15-19)18(12-6-2-7-13-18)16-10-4-1-5-11-16/h16H,1-15H2,(H,20,21). The SMILES string of the molecule is O=C(O)C1(C2(C3CCCCC3)CCCCC2)CCCCC1. The number of rotatable bonds is 3. The molecule has 3 aliphatic rings. The molecule has 0 amide bonds. The Bertz CT molecular complexity index is 356. The van der Waals surface area contributed by atoms with E-state index in [9.17, 15) is 9.90 Å². The van der Waals surface area contributed by atoms with Gasteiger partial charge in [0.25, 0.3) is 0 Å². The average Bonchev–Trinajstić information content (AvgIpc) is 2.57. The first kappa shape index (κ1) is 15.4. The second-order valence-electron chi connectivity index (χ2n) is 8.00. The molecule has 3 aliphatic carbocycles. The number of carboxylic acids is 1. The Balaban J connectivity index is 1.97. The van der Waals surface area contributed by atoms with Crippen molar-refractivity contribution in [2.45, 2.75) is 96.3 Å². The van der Waals surface area contributed by atoms with Crippen LogP contribution < -0.4 is 0 Å². The molecule has 0 aromatic heterocycles. The van der Waals surface area contributed by atoms with Gasteiger partial charge in [0, 0.05) is 0 Å². The Morgan fingerprint density at radius 2 is 1.19 bits per heavy atom. The van der Waals surface area contributed by atoms with Crippen LogP contribution in [0.15, 0.2) is 0 Å². The van der Waals surface area contributed by atoms with Crippen LogP contribution in [0.4, 0.5) is 0 Å². The predicted molar refractivity (Wildman–Crippen MR) is 85.2 cm³/mol. The van der Waals surface area contributed by atoms with Gasteiger partial charge in [-0.15, -0.1) is 0 Å². The average molecular weight is 292 g/mol. The number of hydrogen-bond donors (Lipinski definition) is 1. The summed E-state index contributed by atoms with van der Waals surface area (Å²) >= 11 is 0. The Hall–Kier alpha value is -0.530. The van der Waals surface area contributed by atoms with Gasteiger partial charge in [-0.05, 0) is 49.9 Å². The smallest absolute Gasteiger partial charge is 0.310 e. The maximum atomic E-state index is 12.4. The molecule has 0 saturated heterocycles. The molecule has 0 radical (unpaired) electrons. The molecule has 0 atom stereocenters. The van der Waals surface area contributed by atoms with E-state index in [4.69, 9.17) is 0 Å². The first-order valence-corrected chi connectivity index (χ1v) is 9.45. The molecule has 3 saturated carbocycles. The summed E-state index contributed by atoms with van der Waals surface area (Å²) in [5.74, 6) is 0.246. The first-order chi connectivity index (χ1) is 10.2. The Kier molecular flexibility index (Phi) is 4.61. The third-order valence-corrected chi connectivity index (χ3v) is 7.20. The monoisotopic (exact) mass is 292 g/mol. The van der Waals surface area contributed by atoms with E-state index in [1.807, 2.05) is 0 Å². The molecule has 0 bridgehead atoms. The summed E-state index contributed by atoms with van der Waals surface area (Å²) in [6.45, 7) is 0. The van der Waals surface area contributed by atoms with Gasteiger partial charge in [0.1, 0.15) is 0 Å².